The summed E-state index contributed by atoms with van der Waals surface area (Å²) in [6, 6.07) is 5.52. The van der Waals surface area contributed by atoms with E-state index in [4.69, 9.17) is 11.6 Å². The van der Waals surface area contributed by atoms with E-state index in [-0.39, 0.29) is 5.91 Å². The van der Waals surface area contributed by atoms with Gasteiger partial charge in [-0.15, -0.1) is 0 Å². The van der Waals surface area contributed by atoms with Gasteiger partial charge >= 0.3 is 0 Å². The number of amides is 1. The summed E-state index contributed by atoms with van der Waals surface area (Å²) in [6.07, 6.45) is 0.391. The molecule has 2 nitrogen and oxygen atoms in total. The van der Waals surface area contributed by atoms with Crippen LogP contribution in [0, 0.1) is 5.92 Å². The van der Waals surface area contributed by atoms with Crippen molar-refractivity contribution in [1.82, 2.24) is 5.32 Å². The molecule has 0 radical (unpaired) electrons. The summed E-state index contributed by atoms with van der Waals surface area (Å²) in [4.78, 5) is 11.6. The number of hydrogen-bond acceptors (Lipinski definition) is 1. The number of carbonyl (C=O) groups excluding carboxylic acids is 1. The van der Waals surface area contributed by atoms with E-state index >= 15 is 0 Å². The molecule has 4 heteroatoms. The topological polar surface area (TPSA) is 29.1 Å². The average molecular weight is 305 g/mol. The second-order valence-corrected chi connectivity index (χ2v) is 5.38. The number of benzene rings is 1. The minimum atomic E-state index is 0.0444. The lowest BCUT2D eigenvalue weighted by atomic mass is 10.1. The van der Waals surface area contributed by atoms with Gasteiger partial charge in [0, 0.05) is 11.0 Å². The van der Waals surface area contributed by atoms with E-state index in [1.807, 2.05) is 12.1 Å². The summed E-state index contributed by atoms with van der Waals surface area (Å²) >= 11 is 9.21. The maximum atomic E-state index is 11.6. The molecule has 0 aromatic heterocycles. The predicted molar refractivity (Wildman–Crippen MR) is 70.7 cm³/mol. The highest BCUT2D eigenvalue weighted by molar-refractivity contribution is 9.10. The monoisotopic (exact) mass is 303 g/mol. The van der Waals surface area contributed by atoms with Gasteiger partial charge in [0.2, 0.25) is 5.91 Å². The first-order valence-corrected chi connectivity index (χ1v) is 6.36. The number of nitrogens with one attached hydrogen (secondary N) is 1. The van der Waals surface area contributed by atoms with Crippen molar-refractivity contribution in [2.75, 3.05) is 6.54 Å². The Balaban J connectivity index is 2.53. The Morgan fingerprint density at radius 2 is 2.19 bits per heavy atom. The minimum absolute atomic E-state index is 0.0444. The summed E-state index contributed by atoms with van der Waals surface area (Å²) < 4.78 is 0.823. The molecule has 0 bridgehead atoms. The normalized spacial score (nSPS) is 10.6. The van der Waals surface area contributed by atoms with Crippen LogP contribution in [0.2, 0.25) is 5.02 Å². The van der Waals surface area contributed by atoms with Crippen LogP contribution in [-0.2, 0) is 11.2 Å². The molecule has 0 heterocycles. The lowest BCUT2D eigenvalue weighted by molar-refractivity contribution is -0.120. The SMILES string of the molecule is CC(C)CNC(=O)Cc1ccc(Cl)c(Br)c1. The first-order valence-electron chi connectivity index (χ1n) is 5.19. The highest BCUT2D eigenvalue weighted by Crippen LogP contribution is 2.23. The van der Waals surface area contributed by atoms with Crippen LogP contribution in [0.5, 0.6) is 0 Å². The third-order valence-electron chi connectivity index (χ3n) is 2.06. The van der Waals surface area contributed by atoms with Crippen LogP contribution >= 0.6 is 27.5 Å². The van der Waals surface area contributed by atoms with Crippen molar-refractivity contribution in [1.29, 1.82) is 0 Å². The van der Waals surface area contributed by atoms with Gasteiger partial charge in [0.25, 0.3) is 0 Å². The number of halogens is 2. The fraction of sp³-hybridized carbons (Fsp3) is 0.417. The van der Waals surface area contributed by atoms with Gasteiger partial charge in [0.15, 0.2) is 0 Å². The Bertz CT molecular complexity index is 379. The Kier molecular flexibility index (Phi) is 5.29. The zero-order valence-electron chi connectivity index (χ0n) is 9.39. The van der Waals surface area contributed by atoms with Crippen LogP contribution in [0.1, 0.15) is 19.4 Å². The smallest absolute Gasteiger partial charge is 0.224 e. The molecular formula is C12H15BrClNO. The molecule has 0 unspecified atom stereocenters. The van der Waals surface area contributed by atoms with E-state index in [0.717, 1.165) is 10.0 Å². The Hall–Kier alpha value is -0.540. The van der Waals surface area contributed by atoms with Gasteiger partial charge in [0.1, 0.15) is 0 Å². The van der Waals surface area contributed by atoms with Gasteiger partial charge in [-0.2, -0.15) is 0 Å². The van der Waals surface area contributed by atoms with Gasteiger partial charge in [-0.05, 0) is 39.5 Å². The molecule has 0 atom stereocenters. The van der Waals surface area contributed by atoms with Gasteiger partial charge in [-0.25, -0.2) is 0 Å². The van der Waals surface area contributed by atoms with Crippen LogP contribution in [0.15, 0.2) is 22.7 Å². The third-order valence-corrected chi connectivity index (χ3v) is 3.27. The molecule has 1 aromatic rings. The van der Waals surface area contributed by atoms with Crippen LogP contribution in [-0.4, -0.2) is 12.5 Å². The van der Waals surface area contributed by atoms with Crippen molar-refractivity contribution in [3.63, 3.8) is 0 Å². The molecule has 1 N–H and O–H groups in total. The van der Waals surface area contributed by atoms with Crippen molar-refractivity contribution in [2.45, 2.75) is 20.3 Å². The molecule has 0 aliphatic rings. The molecule has 0 fully saturated rings. The standard InChI is InChI=1S/C12H15BrClNO/c1-8(2)7-15-12(16)6-9-3-4-11(14)10(13)5-9/h3-5,8H,6-7H2,1-2H3,(H,15,16). The Morgan fingerprint density at radius 1 is 1.50 bits per heavy atom. The highest BCUT2D eigenvalue weighted by atomic mass is 79.9. The molecule has 1 aromatic carbocycles. The van der Waals surface area contributed by atoms with Crippen molar-refractivity contribution in [2.24, 2.45) is 5.92 Å². The molecule has 16 heavy (non-hydrogen) atoms. The molecule has 0 aliphatic heterocycles. The molecule has 0 saturated heterocycles. The van der Waals surface area contributed by atoms with E-state index in [0.29, 0.717) is 23.9 Å². The van der Waals surface area contributed by atoms with Crippen molar-refractivity contribution in [3.8, 4) is 0 Å². The summed E-state index contributed by atoms with van der Waals surface area (Å²) in [5.74, 6) is 0.517. The Labute approximate surface area is 110 Å². The van der Waals surface area contributed by atoms with Gasteiger partial charge in [0.05, 0.1) is 11.4 Å². The summed E-state index contributed by atoms with van der Waals surface area (Å²) in [5, 5.41) is 3.54. The summed E-state index contributed by atoms with van der Waals surface area (Å²) in [5.41, 5.74) is 0.956. The summed E-state index contributed by atoms with van der Waals surface area (Å²) in [6.45, 7) is 4.85. The van der Waals surface area contributed by atoms with E-state index in [1.54, 1.807) is 6.07 Å². The third kappa shape index (κ3) is 4.54. The first-order chi connectivity index (χ1) is 7.49. The lowest BCUT2D eigenvalue weighted by Gasteiger charge is -2.08. The second-order valence-electron chi connectivity index (χ2n) is 4.12. The molecule has 1 amide bonds. The lowest BCUT2D eigenvalue weighted by Crippen LogP contribution is -2.28. The predicted octanol–water partition coefficient (Wildman–Crippen LogP) is 3.42. The van der Waals surface area contributed by atoms with E-state index < -0.39 is 0 Å². The quantitative estimate of drug-likeness (QED) is 0.907. The molecule has 0 aliphatic carbocycles. The van der Waals surface area contributed by atoms with E-state index in [9.17, 15) is 4.79 Å². The van der Waals surface area contributed by atoms with Crippen LogP contribution in [0.4, 0.5) is 0 Å². The molecule has 1 rings (SSSR count). The fourth-order valence-electron chi connectivity index (χ4n) is 1.22. The number of carbonyl (C=O) groups is 1. The fourth-order valence-corrected chi connectivity index (χ4v) is 1.76. The second kappa shape index (κ2) is 6.26. The largest absolute Gasteiger partial charge is 0.356 e. The molecule has 0 spiro atoms. The van der Waals surface area contributed by atoms with Crippen molar-refractivity contribution in [3.05, 3.63) is 33.3 Å². The maximum absolute atomic E-state index is 11.6. The zero-order chi connectivity index (χ0) is 12.1. The van der Waals surface area contributed by atoms with Gasteiger partial charge in [-0.3, -0.25) is 4.79 Å². The number of rotatable bonds is 4. The molecular weight excluding hydrogens is 289 g/mol. The molecule has 88 valence electrons. The van der Waals surface area contributed by atoms with Crippen LogP contribution in [0.3, 0.4) is 0 Å². The zero-order valence-corrected chi connectivity index (χ0v) is 11.7. The molecule has 0 saturated carbocycles. The van der Waals surface area contributed by atoms with Gasteiger partial charge < -0.3 is 5.32 Å². The Morgan fingerprint density at radius 3 is 2.75 bits per heavy atom. The summed E-state index contributed by atoms with van der Waals surface area (Å²) in [7, 11) is 0. The minimum Gasteiger partial charge on any atom is -0.356 e. The number of hydrogen-bond donors (Lipinski definition) is 1. The highest BCUT2D eigenvalue weighted by Gasteiger charge is 2.05. The van der Waals surface area contributed by atoms with Crippen molar-refractivity contribution >= 4 is 33.4 Å². The first kappa shape index (κ1) is 13.5. The van der Waals surface area contributed by atoms with E-state index in [2.05, 4.69) is 35.1 Å². The van der Waals surface area contributed by atoms with E-state index in [1.165, 1.54) is 0 Å². The van der Waals surface area contributed by atoms with Crippen LogP contribution in [0.25, 0.3) is 0 Å². The van der Waals surface area contributed by atoms with Crippen LogP contribution < -0.4 is 5.32 Å². The average Bonchev–Trinajstić information content (AvgIpc) is 2.21. The maximum Gasteiger partial charge on any atom is 0.224 e. The van der Waals surface area contributed by atoms with Gasteiger partial charge in [-0.1, -0.05) is 31.5 Å². The van der Waals surface area contributed by atoms with Crippen molar-refractivity contribution < 1.29 is 4.79 Å².